The number of para-hydroxylation sites is 2. The van der Waals surface area contributed by atoms with Crippen molar-refractivity contribution in [2.75, 3.05) is 4.90 Å². The fourth-order valence-corrected chi connectivity index (χ4v) is 6.96. The van der Waals surface area contributed by atoms with Crippen molar-refractivity contribution in [2.24, 2.45) is 0 Å². The zero-order chi connectivity index (χ0) is 28.7. The van der Waals surface area contributed by atoms with Crippen LogP contribution >= 0.6 is 0 Å². The van der Waals surface area contributed by atoms with Crippen LogP contribution in [0.5, 0.6) is 0 Å². The second kappa shape index (κ2) is 10.3. The van der Waals surface area contributed by atoms with Gasteiger partial charge in [0.2, 0.25) is 0 Å². The maximum Gasteiger partial charge on any atom is 0.150 e. The Labute approximate surface area is 247 Å². The lowest BCUT2D eigenvalue weighted by molar-refractivity contribution is 0.112. The lowest BCUT2D eigenvalue weighted by Crippen LogP contribution is -2.26. The zero-order valence-electron chi connectivity index (χ0n) is 23.8. The molecule has 6 aromatic rings. The number of rotatable bonds is 4. The molecular formula is C40H31NO. The van der Waals surface area contributed by atoms with Crippen LogP contribution in [0.15, 0.2) is 146 Å². The van der Waals surface area contributed by atoms with Gasteiger partial charge in [0.25, 0.3) is 0 Å². The summed E-state index contributed by atoms with van der Waals surface area (Å²) in [5.74, 6) is 0. The SMILES string of the molecule is CC.O=Cc1ccc2c(c1)C1(c3ccccc3-c3ccccc31)c1cc(N(c3ccccc3)c3ccccc3)ccc1-2. The van der Waals surface area contributed by atoms with Gasteiger partial charge in [0, 0.05) is 22.6 Å². The Balaban J connectivity index is 0.00000141. The van der Waals surface area contributed by atoms with Crippen LogP contribution in [-0.2, 0) is 5.41 Å². The lowest BCUT2D eigenvalue weighted by Gasteiger charge is -2.32. The van der Waals surface area contributed by atoms with E-state index in [2.05, 4.69) is 144 Å². The minimum atomic E-state index is -0.508. The average molecular weight is 542 g/mol. The maximum absolute atomic E-state index is 12.0. The Morgan fingerprint density at radius 3 is 1.45 bits per heavy atom. The predicted molar refractivity (Wildman–Crippen MR) is 174 cm³/mol. The third-order valence-corrected chi connectivity index (χ3v) is 8.52. The van der Waals surface area contributed by atoms with Gasteiger partial charge in [-0.2, -0.15) is 0 Å². The van der Waals surface area contributed by atoms with Crippen LogP contribution in [0.1, 0.15) is 46.5 Å². The van der Waals surface area contributed by atoms with Crippen LogP contribution in [0.3, 0.4) is 0 Å². The number of anilines is 3. The Bertz CT molecular complexity index is 1840. The molecule has 42 heavy (non-hydrogen) atoms. The molecule has 2 aliphatic carbocycles. The monoisotopic (exact) mass is 541 g/mol. The van der Waals surface area contributed by atoms with Crippen molar-refractivity contribution in [3.63, 3.8) is 0 Å². The van der Waals surface area contributed by atoms with E-state index < -0.39 is 5.41 Å². The van der Waals surface area contributed by atoms with E-state index in [1.165, 1.54) is 44.5 Å². The maximum atomic E-state index is 12.0. The molecule has 2 nitrogen and oxygen atoms in total. The second-order valence-electron chi connectivity index (χ2n) is 10.5. The predicted octanol–water partition coefficient (Wildman–Crippen LogP) is 10.3. The van der Waals surface area contributed by atoms with E-state index in [1.54, 1.807) is 0 Å². The highest BCUT2D eigenvalue weighted by molar-refractivity contribution is 5.97. The molecule has 0 bridgehead atoms. The summed E-state index contributed by atoms with van der Waals surface area (Å²) in [7, 11) is 0. The van der Waals surface area contributed by atoms with E-state index in [-0.39, 0.29) is 0 Å². The van der Waals surface area contributed by atoms with Crippen molar-refractivity contribution < 1.29 is 4.79 Å². The number of nitrogens with zero attached hydrogens (tertiary/aromatic N) is 1. The van der Waals surface area contributed by atoms with E-state index in [9.17, 15) is 4.79 Å². The van der Waals surface area contributed by atoms with E-state index in [0.717, 1.165) is 23.3 Å². The van der Waals surface area contributed by atoms with Gasteiger partial charge in [0.15, 0.2) is 0 Å². The molecule has 1 spiro atoms. The number of carbonyl (C=O) groups is 1. The van der Waals surface area contributed by atoms with Crippen molar-refractivity contribution in [1.82, 2.24) is 0 Å². The molecule has 0 amide bonds. The first-order chi connectivity index (χ1) is 20.8. The lowest BCUT2D eigenvalue weighted by atomic mass is 9.70. The van der Waals surface area contributed by atoms with Gasteiger partial charge in [-0.1, -0.05) is 117 Å². The molecule has 2 heteroatoms. The highest BCUT2D eigenvalue weighted by Gasteiger charge is 2.51. The summed E-state index contributed by atoms with van der Waals surface area (Å²) in [6.45, 7) is 4.00. The molecule has 8 rings (SSSR count). The van der Waals surface area contributed by atoms with Crippen molar-refractivity contribution in [3.05, 3.63) is 173 Å². The van der Waals surface area contributed by atoms with Gasteiger partial charge in [-0.15, -0.1) is 0 Å². The van der Waals surface area contributed by atoms with Crippen LogP contribution < -0.4 is 4.90 Å². The minimum absolute atomic E-state index is 0.508. The molecule has 0 saturated carbocycles. The Morgan fingerprint density at radius 2 is 0.905 bits per heavy atom. The fourth-order valence-electron chi connectivity index (χ4n) is 6.96. The smallest absolute Gasteiger partial charge is 0.150 e. The number of hydrogen-bond donors (Lipinski definition) is 0. The first kappa shape index (κ1) is 25.7. The van der Waals surface area contributed by atoms with Crippen molar-refractivity contribution in [1.29, 1.82) is 0 Å². The quantitative estimate of drug-likeness (QED) is 0.207. The molecule has 6 aromatic carbocycles. The Hall–Kier alpha value is -5.21. The molecule has 202 valence electrons. The molecule has 0 heterocycles. The molecule has 0 aliphatic heterocycles. The van der Waals surface area contributed by atoms with Crippen molar-refractivity contribution >= 4 is 23.3 Å². The number of benzene rings is 6. The molecule has 0 saturated heterocycles. The third kappa shape index (κ3) is 3.62. The van der Waals surface area contributed by atoms with Crippen molar-refractivity contribution in [3.8, 4) is 22.3 Å². The van der Waals surface area contributed by atoms with E-state index in [0.29, 0.717) is 5.56 Å². The summed E-state index contributed by atoms with van der Waals surface area (Å²) >= 11 is 0. The van der Waals surface area contributed by atoms with Gasteiger partial charge >= 0.3 is 0 Å². The summed E-state index contributed by atoms with van der Waals surface area (Å²) in [6, 6.07) is 51.6. The Kier molecular flexibility index (Phi) is 6.32. The van der Waals surface area contributed by atoms with Gasteiger partial charge in [-0.3, -0.25) is 4.79 Å². The van der Waals surface area contributed by atoms with Crippen LogP contribution in [0.4, 0.5) is 17.1 Å². The highest BCUT2D eigenvalue weighted by Crippen LogP contribution is 2.63. The third-order valence-electron chi connectivity index (χ3n) is 8.52. The van der Waals surface area contributed by atoms with Gasteiger partial charge < -0.3 is 4.90 Å². The first-order valence-electron chi connectivity index (χ1n) is 14.6. The summed E-state index contributed by atoms with van der Waals surface area (Å²) < 4.78 is 0. The van der Waals surface area contributed by atoms with Crippen LogP contribution in [0.25, 0.3) is 22.3 Å². The minimum Gasteiger partial charge on any atom is -0.310 e. The Morgan fingerprint density at radius 1 is 0.452 bits per heavy atom. The largest absolute Gasteiger partial charge is 0.310 e. The van der Waals surface area contributed by atoms with Crippen LogP contribution in [-0.4, -0.2) is 6.29 Å². The fraction of sp³-hybridized carbons (Fsp3) is 0.0750. The molecule has 0 atom stereocenters. The van der Waals surface area contributed by atoms with Crippen molar-refractivity contribution in [2.45, 2.75) is 19.3 Å². The van der Waals surface area contributed by atoms with Crippen LogP contribution in [0, 0.1) is 0 Å². The number of aldehydes is 1. The molecule has 0 N–H and O–H groups in total. The van der Waals surface area contributed by atoms with Gasteiger partial charge in [0.05, 0.1) is 5.41 Å². The molecule has 0 fully saturated rings. The van der Waals surface area contributed by atoms with Gasteiger partial charge in [-0.05, 0) is 87.0 Å². The summed E-state index contributed by atoms with van der Waals surface area (Å²) in [5, 5.41) is 0. The van der Waals surface area contributed by atoms with E-state index >= 15 is 0 Å². The van der Waals surface area contributed by atoms with E-state index in [1.807, 2.05) is 19.9 Å². The van der Waals surface area contributed by atoms with Crippen LogP contribution in [0.2, 0.25) is 0 Å². The van der Waals surface area contributed by atoms with E-state index in [4.69, 9.17) is 0 Å². The number of hydrogen-bond acceptors (Lipinski definition) is 2. The molecule has 2 aliphatic rings. The highest BCUT2D eigenvalue weighted by atomic mass is 16.1. The number of carbonyl (C=O) groups excluding carboxylic acids is 1. The summed E-state index contributed by atoms with van der Waals surface area (Å²) in [4.78, 5) is 14.3. The average Bonchev–Trinajstić information content (AvgIpc) is 3.53. The second-order valence-corrected chi connectivity index (χ2v) is 10.5. The first-order valence-corrected chi connectivity index (χ1v) is 14.6. The topological polar surface area (TPSA) is 20.3 Å². The van der Waals surface area contributed by atoms with Gasteiger partial charge in [0.1, 0.15) is 6.29 Å². The normalized spacial score (nSPS) is 12.8. The molecule has 0 aromatic heterocycles. The standard InChI is InChI=1S/C38H25NO.C2H6/c40-25-26-19-21-32-33-22-20-29(39(27-11-3-1-4-12-27)28-13-5-2-6-14-28)24-37(33)38(36(32)23-26)34-17-9-7-15-30(34)31-16-8-10-18-35(31)38;1-2/h1-25H;1-2H3. The molecule has 0 unspecified atom stereocenters. The number of fused-ring (bicyclic) bond motifs is 10. The zero-order valence-corrected chi connectivity index (χ0v) is 23.8. The summed E-state index contributed by atoms with van der Waals surface area (Å²) in [6.07, 6.45) is 0.960. The molecular weight excluding hydrogens is 510 g/mol. The molecule has 0 radical (unpaired) electrons. The van der Waals surface area contributed by atoms with Gasteiger partial charge in [-0.25, -0.2) is 0 Å². The summed E-state index contributed by atoms with van der Waals surface area (Å²) in [5.41, 5.74) is 13.4.